The Morgan fingerprint density at radius 2 is 1.96 bits per heavy atom. The molecule has 148 valence electrons. The van der Waals surface area contributed by atoms with Gasteiger partial charge in [0.1, 0.15) is 5.82 Å². The van der Waals surface area contributed by atoms with Gasteiger partial charge in [-0.2, -0.15) is 0 Å². The SMILES string of the molecule is CN=C(NCCCc1nnc(SC)n1CC(C)C)NCc1ccc(Cl)cc1. The van der Waals surface area contributed by atoms with Crippen LogP contribution in [0.1, 0.15) is 31.7 Å². The summed E-state index contributed by atoms with van der Waals surface area (Å²) in [6.45, 7) is 6.91. The van der Waals surface area contributed by atoms with Gasteiger partial charge in [-0.05, 0) is 36.3 Å². The van der Waals surface area contributed by atoms with Crippen LogP contribution in [0.5, 0.6) is 0 Å². The minimum absolute atomic E-state index is 0.569. The molecule has 1 aromatic heterocycles. The van der Waals surface area contributed by atoms with Crippen LogP contribution in [0.25, 0.3) is 0 Å². The van der Waals surface area contributed by atoms with E-state index in [0.717, 1.165) is 53.5 Å². The quantitative estimate of drug-likeness (QED) is 0.287. The lowest BCUT2D eigenvalue weighted by molar-refractivity contribution is 0.477. The molecule has 0 spiro atoms. The van der Waals surface area contributed by atoms with E-state index in [2.05, 4.69) is 44.2 Å². The fourth-order valence-corrected chi connectivity index (χ4v) is 3.31. The first-order valence-electron chi connectivity index (χ1n) is 9.18. The topological polar surface area (TPSA) is 67.1 Å². The first-order valence-corrected chi connectivity index (χ1v) is 10.8. The number of benzene rings is 1. The van der Waals surface area contributed by atoms with Gasteiger partial charge in [-0.15, -0.1) is 10.2 Å². The van der Waals surface area contributed by atoms with Crippen LogP contribution in [0.4, 0.5) is 0 Å². The maximum absolute atomic E-state index is 5.92. The number of thioether (sulfide) groups is 1. The number of nitrogens with one attached hydrogen (secondary N) is 2. The third-order valence-corrected chi connectivity index (χ3v) is 4.91. The van der Waals surface area contributed by atoms with Crippen LogP contribution in [0.15, 0.2) is 34.4 Å². The molecule has 0 aliphatic carbocycles. The molecule has 1 heterocycles. The van der Waals surface area contributed by atoms with Gasteiger partial charge in [0.05, 0.1) is 0 Å². The van der Waals surface area contributed by atoms with Crippen molar-refractivity contribution in [1.82, 2.24) is 25.4 Å². The van der Waals surface area contributed by atoms with E-state index < -0.39 is 0 Å². The Bertz CT molecular complexity index is 726. The molecule has 2 rings (SSSR count). The highest BCUT2D eigenvalue weighted by molar-refractivity contribution is 7.98. The van der Waals surface area contributed by atoms with Crippen molar-refractivity contribution >= 4 is 29.3 Å². The molecule has 2 N–H and O–H groups in total. The molecule has 0 aliphatic rings. The maximum Gasteiger partial charge on any atom is 0.191 e. The predicted octanol–water partition coefficient (Wildman–Crippen LogP) is 3.61. The van der Waals surface area contributed by atoms with Crippen LogP contribution in [-0.4, -0.2) is 40.6 Å². The number of hydrogen-bond acceptors (Lipinski definition) is 4. The Morgan fingerprint density at radius 3 is 2.59 bits per heavy atom. The molecule has 0 saturated heterocycles. The molecule has 0 amide bonds. The van der Waals surface area contributed by atoms with Crippen LogP contribution >= 0.6 is 23.4 Å². The van der Waals surface area contributed by atoms with Crippen molar-refractivity contribution in [3.8, 4) is 0 Å². The molecule has 2 aromatic rings. The summed E-state index contributed by atoms with van der Waals surface area (Å²) in [5.74, 6) is 2.41. The summed E-state index contributed by atoms with van der Waals surface area (Å²) >= 11 is 7.56. The van der Waals surface area contributed by atoms with Gasteiger partial charge < -0.3 is 15.2 Å². The average Bonchev–Trinajstić information content (AvgIpc) is 3.03. The lowest BCUT2D eigenvalue weighted by atomic mass is 10.2. The number of halogens is 1. The number of aryl methyl sites for hydroxylation is 1. The molecule has 1 aromatic carbocycles. The van der Waals surface area contributed by atoms with Crippen LogP contribution in [0.2, 0.25) is 5.02 Å². The number of guanidine groups is 1. The largest absolute Gasteiger partial charge is 0.356 e. The van der Waals surface area contributed by atoms with E-state index in [1.165, 1.54) is 0 Å². The van der Waals surface area contributed by atoms with E-state index in [-0.39, 0.29) is 0 Å². The Hall–Kier alpha value is -1.73. The fourth-order valence-electron chi connectivity index (χ4n) is 2.67. The Morgan fingerprint density at radius 1 is 1.22 bits per heavy atom. The van der Waals surface area contributed by atoms with Crippen molar-refractivity contribution in [3.63, 3.8) is 0 Å². The summed E-state index contributed by atoms with van der Waals surface area (Å²) in [5, 5.41) is 17.1. The standard InChI is InChI=1S/C19H29ClN6S/c1-14(2)13-26-17(24-25-19(26)27-4)6-5-11-22-18(21-3)23-12-15-7-9-16(20)10-8-15/h7-10,14H,5-6,11-13H2,1-4H3,(H2,21,22,23). The predicted molar refractivity (Wildman–Crippen MR) is 115 cm³/mol. The Balaban J connectivity index is 1.78. The summed E-state index contributed by atoms with van der Waals surface area (Å²) in [7, 11) is 1.78. The normalized spacial score (nSPS) is 11.9. The van der Waals surface area contributed by atoms with Crippen molar-refractivity contribution in [3.05, 3.63) is 40.7 Å². The van der Waals surface area contributed by atoms with Crippen molar-refractivity contribution in [2.45, 2.75) is 44.9 Å². The van der Waals surface area contributed by atoms with Gasteiger partial charge >= 0.3 is 0 Å². The second-order valence-corrected chi connectivity index (χ2v) is 7.90. The maximum atomic E-state index is 5.92. The van der Waals surface area contributed by atoms with E-state index in [4.69, 9.17) is 11.6 Å². The molecule has 0 aliphatic heterocycles. The molecular weight excluding hydrogens is 380 g/mol. The van der Waals surface area contributed by atoms with Crippen LogP contribution in [-0.2, 0) is 19.5 Å². The smallest absolute Gasteiger partial charge is 0.191 e. The molecule has 0 fully saturated rings. The summed E-state index contributed by atoms with van der Waals surface area (Å²) in [6, 6.07) is 7.80. The number of aromatic nitrogens is 3. The van der Waals surface area contributed by atoms with Crippen molar-refractivity contribution in [2.24, 2.45) is 10.9 Å². The second-order valence-electron chi connectivity index (χ2n) is 6.69. The van der Waals surface area contributed by atoms with E-state index in [0.29, 0.717) is 12.5 Å². The van der Waals surface area contributed by atoms with Gasteiger partial charge in [-0.1, -0.05) is 49.3 Å². The zero-order valence-electron chi connectivity index (χ0n) is 16.5. The van der Waals surface area contributed by atoms with Gasteiger partial charge in [0.15, 0.2) is 11.1 Å². The number of rotatable bonds is 9. The summed E-state index contributed by atoms with van der Waals surface area (Å²) in [6.07, 6.45) is 3.90. The molecule has 0 saturated carbocycles. The van der Waals surface area contributed by atoms with Crippen LogP contribution < -0.4 is 10.6 Å². The molecule has 0 radical (unpaired) electrons. The molecule has 8 heteroatoms. The number of nitrogens with zero attached hydrogens (tertiary/aromatic N) is 4. The molecule has 6 nitrogen and oxygen atoms in total. The average molecular weight is 409 g/mol. The highest BCUT2D eigenvalue weighted by atomic mass is 35.5. The molecule has 0 atom stereocenters. The summed E-state index contributed by atoms with van der Waals surface area (Å²) < 4.78 is 2.24. The molecular formula is C19H29ClN6S. The van der Waals surface area contributed by atoms with E-state index >= 15 is 0 Å². The van der Waals surface area contributed by atoms with Crippen molar-refractivity contribution < 1.29 is 0 Å². The fraction of sp³-hybridized carbons (Fsp3) is 0.526. The minimum Gasteiger partial charge on any atom is -0.356 e. The third kappa shape index (κ3) is 7.07. The van der Waals surface area contributed by atoms with Gasteiger partial charge in [-0.3, -0.25) is 4.99 Å². The van der Waals surface area contributed by atoms with Crippen molar-refractivity contribution in [1.29, 1.82) is 0 Å². The highest BCUT2D eigenvalue weighted by Gasteiger charge is 2.12. The zero-order valence-corrected chi connectivity index (χ0v) is 18.1. The van der Waals surface area contributed by atoms with Gasteiger partial charge in [0.25, 0.3) is 0 Å². The molecule has 27 heavy (non-hydrogen) atoms. The van der Waals surface area contributed by atoms with Gasteiger partial charge in [0.2, 0.25) is 0 Å². The first-order chi connectivity index (χ1) is 13.0. The molecule has 0 unspecified atom stereocenters. The third-order valence-electron chi connectivity index (χ3n) is 3.99. The Kier molecular flexibility index (Phi) is 8.94. The second kappa shape index (κ2) is 11.2. The Labute approximate surface area is 171 Å². The summed E-state index contributed by atoms with van der Waals surface area (Å²) in [4.78, 5) is 4.27. The highest BCUT2D eigenvalue weighted by Crippen LogP contribution is 2.16. The minimum atomic E-state index is 0.569. The lowest BCUT2D eigenvalue weighted by Crippen LogP contribution is -2.37. The lowest BCUT2D eigenvalue weighted by Gasteiger charge is -2.13. The summed E-state index contributed by atoms with van der Waals surface area (Å²) in [5.41, 5.74) is 1.16. The zero-order chi connectivity index (χ0) is 19.6. The van der Waals surface area contributed by atoms with E-state index in [9.17, 15) is 0 Å². The van der Waals surface area contributed by atoms with Crippen LogP contribution in [0, 0.1) is 5.92 Å². The van der Waals surface area contributed by atoms with E-state index in [1.807, 2.05) is 30.5 Å². The van der Waals surface area contributed by atoms with E-state index in [1.54, 1.807) is 18.8 Å². The molecule has 0 bridgehead atoms. The first kappa shape index (κ1) is 21.6. The number of hydrogen-bond donors (Lipinski definition) is 2. The van der Waals surface area contributed by atoms with Crippen LogP contribution in [0.3, 0.4) is 0 Å². The van der Waals surface area contributed by atoms with Gasteiger partial charge in [-0.25, -0.2) is 0 Å². The van der Waals surface area contributed by atoms with Crippen molar-refractivity contribution in [2.75, 3.05) is 19.8 Å². The van der Waals surface area contributed by atoms with Gasteiger partial charge in [0, 0.05) is 38.1 Å². The number of aliphatic imine (C=N–C) groups is 1. The monoisotopic (exact) mass is 408 g/mol.